The average Bonchev–Trinajstić information content (AvgIpc) is 2.36. The van der Waals surface area contributed by atoms with E-state index in [1.165, 1.54) is 0 Å². The zero-order valence-electron chi connectivity index (χ0n) is 9.71. The third-order valence-corrected chi connectivity index (χ3v) is 4.67. The van der Waals surface area contributed by atoms with E-state index in [9.17, 15) is 5.11 Å². The molecule has 5 heteroatoms. The Labute approximate surface area is 135 Å². The highest BCUT2D eigenvalue weighted by Gasteiger charge is 2.15. The summed E-state index contributed by atoms with van der Waals surface area (Å²) in [4.78, 5) is 0. The summed E-state index contributed by atoms with van der Waals surface area (Å²) in [6, 6.07) is 10.7. The van der Waals surface area contributed by atoms with Crippen LogP contribution in [0.3, 0.4) is 0 Å². The molecule has 1 nitrogen and oxygen atoms in total. The number of hydrogen-bond donors (Lipinski definition) is 1. The van der Waals surface area contributed by atoms with Crippen LogP contribution < -0.4 is 0 Å². The largest absolute Gasteiger partial charge is 0.388 e. The van der Waals surface area contributed by atoms with Crippen molar-refractivity contribution in [2.75, 3.05) is 0 Å². The van der Waals surface area contributed by atoms with Crippen molar-refractivity contribution in [3.63, 3.8) is 0 Å². The molecule has 0 amide bonds. The third-order valence-electron chi connectivity index (χ3n) is 2.77. The van der Waals surface area contributed by atoms with Crippen molar-refractivity contribution in [3.05, 3.63) is 67.1 Å². The van der Waals surface area contributed by atoms with Crippen molar-refractivity contribution in [1.82, 2.24) is 0 Å². The summed E-state index contributed by atoms with van der Waals surface area (Å²) in [5.41, 5.74) is 1.50. The van der Waals surface area contributed by atoms with Crippen LogP contribution in [0, 0.1) is 0 Å². The zero-order valence-corrected chi connectivity index (χ0v) is 13.6. The topological polar surface area (TPSA) is 20.2 Å². The van der Waals surface area contributed by atoms with Crippen LogP contribution >= 0.6 is 50.7 Å². The van der Waals surface area contributed by atoms with Crippen molar-refractivity contribution >= 4 is 50.7 Å². The second kappa shape index (κ2) is 6.47. The Bertz CT molecular complexity index is 601. The second-order valence-corrected chi connectivity index (χ2v) is 6.17. The first-order valence-electron chi connectivity index (χ1n) is 5.55. The normalized spacial score (nSPS) is 12.5. The van der Waals surface area contributed by atoms with E-state index in [0.717, 1.165) is 10.0 Å². The number of rotatable bonds is 3. The van der Waals surface area contributed by atoms with Gasteiger partial charge in [-0.15, -0.1) is 0 Å². The highest BCUT2D eigenvalue weighted by molar-refractivity contribution is 9.10. The minimum atomic E-state index is -0.719. The van der Waals surface area contributed by atoms with E-state index in [1.807, 2.05) is 12.1 Å². The Morgan fingerprint density at radius 2 is 1.84 bits per heavy atom. The predicted octanol–water partition coefficient (Wildman–Crippen LogP) is 5.69. The first-order chi connectivity index (χ1) is 8.99. The maximum Gasteiger partial charge on any atom is 0.0845 e. The molecule has 2 aromatic carbocycles. The van der Waals surface area contributed by atoms with Gasteiger partial charge in [-0.1, -0.05) is 53.0 Å². The van der Waals surface area contributed by atoms with E-state index < -0.39 is 6.10 Å². The van der Waals surface area contributed by atoms with Crippen LogP contribution in [-0.4, -0.2) is 5.11 Å². The predicted molar refractivity (Wildman–Crippen MR) is 84.3 cm³/mol. The molecular weight excluding hydrogens is 370 g/mol. The Kier molecular flexibility index (Phi) is 5.15. The summed E-state index contributed by atoms with van der Waals surface area (Å²) in [5.74, 6) is 0. The van der Waals surface area contributed by atoms with E-state index in [2.05, 4.69) is 15.9 Å². The molecule has 0 saturated heterocycles. The monoisotopic (exact) mass is 378 g/mol. The van der Waals surface area contributed by atoms with E-state index >= 15 is 0 Å². The molecule has 0 aromatic heterocycles. The van der Waals surface area contributed by atoms with Gasteiger partial charge in [0.25, 0.3) is 0 Å². The Balaban J connectivity index is 2.25. The van der Waals surface area contributed by atoms with Crippen molar-refractivity contribution < 1.29 is 5.11 Å². The molecule has 19 heavy (non-hydrogen) atoms. The van der Waals surface area contributed by atoms with E-state index in [0.29, 0.717) is 27.1 Å². The van der Waals surface area contributed by atoms with Crippen LogP contribution in [0.1, 0.15) is 17.2 Å². The van der Waals surface area contributed by atoms with Gasteiger partial charge in [0.2, 0.25) is 0 Å². The molecule has 0 aliphatic rings. The van der Waals surface area contributed by atoms with Gasteiger partial charge < -0.3 is 5.11 Å². The van der Waals surface area contributed by atoms with E-state index in [-0.39, 0.29) is 0 Å². The summed E-state index contributed by atoms with van der Waals surface area (Å²) in [7, 11) is 0. The summed E-state index contributed by atoms with van der Waals surface area (Å²) in [5, 5.41) is 11.9. The molecule has 1 atom stereocenters. The molecule has 0 bridgehead atoms. The van der Waals surface area contributed by atoms with Crippen LogP contribution in [0.15, 0.2) is 40.9 Å². The molecule has 0 fully saturated rings. The molecule has 0 saturated carbocycles. The summed E-state index contributed by atoms with van der Waals surface area (Å²) in [6.45, 7) is 0. The van der Waals surface area contributed by atoms with Crippen molar-refractivity contribution in [3.8, 4) is 0 Å². The molecule has 2 aromatic rings. The van der Waals surface area contributed by atoms with Crippen LogP contribution in [0.4, 0.5) is 0 Å². The van der Waals surface area contributed by atoms with Gasteiger partial charge in [0.15, 0.2) is 0 Å². The summed E-state index contributed by atoms with van der Waals surface area (Å²) < 4.78 is 0.757. The lowest BCUT2D eigenvalue weighted by molar-refractivity contribution is 0.178. The van der Waals surface area contributed by atoms with Gasteiger partial charge in [-0.2, -0.15) is 0 Å². The zero-order chi connectivity index (χ0) is 14.0. The van der Waals surface area contributed by atoms with Crippen LogP contribution in [0.25, 0.3) is 0 Å². The molecule has 0 spiro atoms. The molecular formula is C14H10BrCl3O. The van der Waals surface area contributed by atoms with E-state index in [4.69, 9.17) is 34.8 Å². The minimum Gasteiger partial charge on any atom is -0.388 e. The first-order valence-corrected chi connectivity index (χ1v) is 7.47. The third kappa shape index (κ3) is 3.65. The number of aliphatic hydroxyl groups excluding tert-OH is 1. The first kappa shape index (κ1) is 15.1. The quantitative estimate of drug-likeness (QED) is 0.726. The molecule has 0 aliphatic carbocycles. The lowest BCUT2D eigenvalue weighted by Gasteiger charge is -2.14. The average molecular weight is 380 g/mol. The Morgan fingerprint density at radius 1 is 1.11 bits per heavy atom. The molecule has 0 radical (unpaired) electrons. The fourth-order valence-electron chi connectivity index (χ4n) is 1.78. The van der Waals surface area contributed by atoms with Gasteiger partial charge in [-0.3, -0.25) is 0 Å². The molecule has 0 heterocycles. The number of halogens is 4. The molecule has 100 valence electrons. The summed E-state index contributed by atoms with van der Waals surface area (Å²) >= 11 is 21.4. The van der Waals surface area contributed by atoms with Crippen LogP contribution in [-0.2, 0) is 6.42 Å². The maximum atomic E-state index is 10.3. The molecule has 2 rings (SSSR count). The smallest absolute Gasteiger partial charge is 0.0845 e. The second-order valence-electron chi connectivity index (χ2n) is 4.10. The van der Waals surface area contributed by atoms with Crippen molar-refractivity contribution in [1.29, 1.82) is 0 Å². The number of aliphatic hydroxyl groups is 1. The Hall–Kier alpha value is -0.250. The van der Waals surface area contributed by atoms with Gasteiger partial charge in [0, 0.05) is 26.5 Å². The lowest BCUT2D eigenvalue weighted by atomic mass is 10.0. The highest BCUT2D eigenvalue weighted by Crippen LogP contribution is 2.33. The molecule has 0 aliphatic heterocycles. The van der Waals surface area contributed by atoms with Crippen LogP contribution in [0.2, 0.25) is 15.1 Å². The highest BCUT2D eigenvalue weighted by atomic mass is 79.9. The van der Waals surface area contributed by atoms with Gasteiger partial charge in [-0.25, -0.2) is 0 Å². The van der Waals surface area contributed by atoms with Gasteiger partial charge >= 0.3 is 0 Å². The molecule has 1 unspecified atom stereocenters. The standard InChI is InChI=1S/C14H10BrCl3O/c15-11-3-1-2-10(14(11)18)13(19)6-8-4-5-9(16)7-12(8)17/h1-5,7,13,19H,6H2. The summed E-state index contributed by atoms with van der Waals surface area (Å²) in [6.07, 6.45) is -0.338. The fourth-order valence-corrected chi connectivity index (χ4v) is 2.90. The lowest BCUT2D eigenvalue weighted by Crippen LogP contribution is -2.03. The SMILES string of the molecule is OC(Cc1ccc(Cl)cc1Cl)c1cccc(Br)c1Cl. The van der Waals surface area contributed by atoms with E-state index in [1.54, 1.807) is 24.3 Å². The van der Waals surface area contributed by atoms with Gasteiger partial charge in [0.1, 0.15) is 0 Å². The van der Waals surface area contributed by atoms with Crippen molar-refractivity contribution in [2.24, 2.45) is 0 Å². The Morgan fingerprint density at radius 3 is 2.53 bits per heavy atom. The van der Waals surface area contributed by atoms with Gasteiger partial charge in [0.05, 0.1) is 11.1 Å². The minimum absolute atomic E-state index is 0.381. The number of hydrogen-bond acceptors (Lipinski definition) is 1. The molecule has 1 N–H and O–H groups in total. The van der Waals surface area contributed by atoms with Crippen molar-refractivity contribution in [2.45, 2.75) is 12.5 Å². The number of benzene rings is 2. The fraction of sp³-hybridized carbons (Fsp3) is 0.143. The van der Waals surface area contributed by atoms with Gasteiger partial charge in [-0.05, 0) is 39.7 Å². The van der Waals surface area contributed by atoms with Crippen LogP contribution in [0.5, 0.6) is 0 Å². The maximum absolute atomic E-state index is 10.3.